The molecule has 0 spiro atoms. The quantitative estimate of drug-likeness (QED) is 0.0222. The molecule has 0 saturated heterocycles. The molecule has 3 N–H and O–H groups in total. The summed E-state index contributed by atoms with van der Waals surface area (Å²) >= 11 is 0. The van der Waals surface area contributed by atoms with Crippen molar-refractivity contribution in [3.8, 4) is 0 Å². The molecule has 4 unspecified atom stereocenters. The number of phosphoric ester groups is 2. The molecule has 7 atom stereocenters. The first-order valence-electron chi connectivity index (χ1n) is 39.8. The number of rotatable bonds is 74. The Balaban J connectivity index is 5.16. The maximum atomic E-state index is 13.1. The molecule has 0 bridgehead atoms. The van der Waals surface area contributed by atoms with Crippen molar-refractivity contribution in [2.45, 2.75) is 408 Å². The third kappa shape index (κ3) is 67.9. The van der Waals surface area contributed by atoms with Gasteiger partial charge in [-0.05, 0) is 49.4 Å². The van der Waals surface area contributed by atoms with Crippen molar-refractivity contribution >= 4 is 39.5 Å². The first kappa shape index (κ1) is 94.1. The van der Waals surface area contributed by atoms with E-state index >= 15 is 0 Å². The highest BCUT2D eigenvalue weighted by Gasteiger charge is 2.30. The second kappa shape index (κ2) is 66.3. The van der Waals surface area contributed by atoms with E-state index in [1.165, 1.54) is 180 Å². The number of aliphatic hydroxyl groups is 1. The van der Waals surface area contributed by atoms with Crippen LogP contribution in [0.4, 0.5) is 0 Å². The van der Waals surface area contributed by atoms with Gasteiger partial charge in [0.2, 0.25) is 0 Å². The molecule has 0 fully saturated rings. The number of hydrogen-bond donors (Lipinski definition) is 3. The molecule has 0 rings (SSSR count). The average Bonchev–Trinajstić information content (AvgIpc) is 1.84. The van der Waals surface area contributed by atoms with Gasteiger partial charge in [0, 0.05) is 25.7 Å². The number of esters is 4. The van der Waals surface area contributed by atoms with Crippen LogP contribution in [0, 0.1) is 23.7 Å². The van der Waals surface area contributed by atoms with E-state index in [0.717, 1.165) is 120 Å². The van der Waals surface area contributed by atoms with Crippen LogP contribution in [0.3, 0.4) is 0 Å². The van der Waals surface area contributed by atoms with Crippen LogP contribution in [0.15, 0.2) is 0 Å². The Morgan fingerprint density at radius 3 is 0.740 bits per heavy atom. The van der Waals surface area contributed by atoms with E-state index in [2.05, 4.69) is 55.4 Å². The molecule has 0 radical (unpaired) electrons. The maximum Gasteiger partial charge on any atom is 0.472 e. The molecule has 17 nitrogen and oxygen atoms in total. The minimum absolute atomic E-state index is 0.105. The molecule has 0 aromatic rings. The Bertz CT molecular complexity index is 1890. The number of aliphatic hydroxyl groups excluding tert-OH is 1. The van der Waals surface area contributed by atoms with Gasteiger partial charge in [-0.2, -0.15) is 0 Å². The van der Waals surface area contributed by atoms with E-state index in [1.807, 2.05) is 0 Å². The molecule has 0 aliphatic heterocycles. The van der Waals surface area contributed by atoms with Crippen molar-refractivity contribution in [2.75, 3.05) is 39.6 Å². The number of ether oxygens (including phenoxy) is 4. The lowest BCUT2D eigenvalue weighted by Crippen LogP contribution is -2.30. The largest absolute Gasteiger partial charge is 0.472 e. The van der Waals surface area contributed by atoms with Gasteiger partial charge in [0.15, 0.2) is 12.2 Å². The van der Waals surface area contributed by atoms with E-state index in [-0.39, 0.29) is 25.7 Å². The number of carbonyl (C=O) groups excluding carboxylic acids is 4. The summed E-state index contributed by atoms with van der Waals surface area (Å²) < 4.78 is 68.5. The van der Waals surface area contributed by atoms with Crippen LogP contribution >= 0.6 is 15.6 Å². The van der Waals surface area contributed by atoms with Gasteiger partial charge in [0.25, 0.3) is 0 Å². The van der Waals surface area contributed by atoms with Crippen LogP contribution in [0.5, 0.6) is 0 Å². The van der Waals surface area contributed by atoms with Crippen LogP contribution in [0.25, 0.3) is 0 Å². The van der Waals surface area contributed by atoms with Gasteiger partial charge in [-0.1, -0.05) is 338 Å². The van der Waals surface area contributed by atoms with Gasteiger partial charge < -0.3 is 33.8 Å². The Morgan fingerprint density at radius 1 is 0.292 bits per heavy atom. The monoisotopic (exact) mass is 1410 g/mol. The summed E-state index contributed by atoms with van der Waals surface area (Å²) in [5, 5.41) is 10.6. The first-order valence-corrected chi connectivity index (χ1v) is 42.8. The highest BCUT2D eigenvalue weighted by molar-refractivity contribution is 7.47. The second-order valence-electron chi connectivity index (χ2n) is 29.2. The van der Waals surface area contributed by atoms with Crippen LogP contribution < -0.4 is 0 Å². The van der Waals surface area contributed by atoms with Gasteiger partial charge in [0.1, 0.15) is 19.3 Å². The van der Waals surface area contributed by atoms with Crippen molar-refractivity contribution in [3.63, 3.8) is 0 Å². The summed E-state index contributed by atoms with van der Waals surface area (Å²) in [5.41, 5.74) is 0. The lowest BCUT2D eigenvalue weighted by atomic mass is 9.99. The summed E-state index contributed by atoms with van der Waals surface area (Å²) in [6.45, 7) is 14.2. The van der Waals surface area contributed by atoms with Gasteiger partial charge >= 0.3 is 39.5 Å². The minimum atomic E-state index is -4.96. The Labute approximate surface area is 588 Å². The molecule has 0 aromatic carbocycles. The molecule has 570 valence electrons. The minimum Gasteiger partial charge on any atom is -0.462 e. The molecule has 0 aromatic heterocycles. The van der Waals surface area contributed by atoms with Crippen LogP contribution in [-0.2, 0) is 65.4 Å². The molecular formula is C77H150O17P2. The van der Waals surface area contributed by atoms with Crippen molar-refractivity contribution < 1.29 is 80.2 Å². The zero-order valence-electron chi connectivity index (χ0n) is 63.0. The Hall–Kier alpha value is -1.94. The van der Waals surface area contributed by atoms with Crippen LogP contribution in [0.1, 0.15) is 389 Å². The highest BCUT2D eigenvalue weighted by Crippen LogP contribution is 2.45. The zero-order valence-corrected chi connectivity index (χ0v) is 64.8. The standard InChI is InChI=1S/C77H150O17P2/c1-9-69(7)55-47-39-30-26-22-17-15-13-11-12-14-16-18-23-27-31-43-51-59-76(81)94-73(64-88-75(80)58-50-42-36-34-40-48-56-70(8)10-2)66-92-96(85,86)90-62-71(78)61-89-95(83,84)91-65-72(63-87-74(79)57-49-41-35-33-38-46-54-68(5)6)93-77(82)60-52-44-32-28-24-20-19-21-25-29-37-45-53-67(3)4/h67-73,78H,9-66H2,1-8H3,(H,83,84)(H,85,86)/t69?,70?,71-,72-,73-/m1/s1. The maximum absolute atomic E-state index is 13.1. The summed E-state index contributed by atoms with van der Waals surface area (Å²) in [6.07, 6.45) is 51.6. The molecule has 0 aliphatic rings. The van der Waals surface area contributed by atoms with Gasteiger partial charge in [-0.3, -0.25) is 37.3 Å². The molecular weight excluding hydrogens is 1260 g/mol. The van der Waals surface area contributed by atoms with Crippen LogP contribution in [0.2, 0.25) is 0 Å². The van der Waals surface area contributed by atoms with Crippen molar-refractivity contribution in [3.05, 3.63) is 0 Å². The predicted molar refractivity (Wildman–Crippen MR) is 391 cm³/mol. The summed E-state index contributed by atoms with van der Waals surface area (Å²) in [4.78, 5) is 72.7. The molecule has 96 heavy (non-hydrogen) atoms. The summed E-state index contributed by atoms with van der Waals surface area (Å²) in [5.74, 6) is 0.934. The lowest BCUT2D eigenvalue weighted by molar-refractivity contribution is -0.161. The van der Waals surface area contributed by atoms with Crippen molar-refractivity contribution in [2.24, 2.45) is 23.7 Å². The third-order valence-electron chi connectivity index (χ3n) is 18.5. The van der Waals surface area contributed by atoms with Gasteiger partial charge in [0.05, 0.1) is 26.4 Å². The zero-order chi connectivity index (χ0) is 71.0. The summed E-state index contributed by atoms with van der Waals surface area (Å²) in [7, 11) is -9.91. The number of phosphoric acid groups is 2. The van der Waals surface area contributed by atoms with Crippen LogP contribution in [-0.4, -0.2) is 96.7 Å². The van der Waals surface area contributed by atoms with Gasteiger partial charge in [-0.15, -0.1) is 0 Å². The normalized spacial score (nSPS) is 14.7. The second-order valence-corrected chi connectivity index (χ2v) is 32.1. The predicted octanol–water partition coefficient (Wildman–Crippen LogP) is 22.4. The van der Waals surface area contributed by atoms with Gasteiger partial charge in [-0.25, -0.2) is 9.13 Å². The van der Waals surface area contributed by atoms with E-state index in [9.17, 15) is 43.2 Å². The fraction of sp³-hybridized carbons (Fsp3) is 0.948. The van der Waals surface area contributed by atoms with E-state index < -0.39 is 97.5 Å². The molecule has 0 heterocycles. The molecule has 0 saturated carbocycles. The third-order valence-corrected chi connectivity index (χ3v) is 20.4. The fourth-order valence-corrected chi connectivity index (χ4v) is 13.2. The number of carbonyl (C=O) groups is 4. The lowest BCUT2D eigenvalue weighted by Gasteiger charge is -2.21. The molecule has 19 heteroatoms. The Morgan fingerprint density at radius 2 is 0.500 bits per heavy atom. The molecule has 0 aliphatic carbocycles. The first-order chi connectivity index (χ1) is 46.2. The summed E-state index contributed by atoms with van der Waals surface area (Å²) in [6, 6.07) is 0. The smallest absolute Gasteiger partial charge is 0.462 e. The number of hydrogen-bond acceptors (Lipinski definition) is 15. The number of unbranched alkanes of at least 4 members (excludes halogenated alkanes) is 38. The highest BCUT2D eigenvalue weighted by atomic mass is 31.2. The molecule has 0 amide bonds. The van der Waals surface area contributed by atoms with E-state index in [1.54, 1.807) is 0 Å². The van der Waals surface area contributed by atoms with Crippen molar-refractivity contribution in [1.82, 2.24) is 0 Å². The average molecular weight is 1410 g/mol. The fourth-order valence-electron chi connectivity index (χ4n) is 11.7. The van der Waals surface area contributed by atoms with E-state index in [0.29, 0.717) is 31.6 Å². The SMILES string of the molecule is CCC(C)CCCCCCCCCCCCCCCCCCCCC(=O)O[C@H](COC(=O)CCCCCCCCC(C)CC)COP(=O)(O)OC[C@H](O)COP(=O)(O)OC[C@@H](COC(=O)CCCCCCCCC(C)C)OC(=O)CCCCCCCCCCCCCCC(C)C. The van der Waals surface area contributed by atoms with E-state index in [4.69, 9.17) is 37.0 Å². The topological polar surface area (TPSA) is 237 Å². The van der Waals surface area contributed by atoms with Crippen molar-refractivity contribution in [1.29, 1.82) is 0 Å². The Kier molecular flexibility index (Phi) is 65.0.